The standard InChI is InChI=1S/C11H18N2O3S/c1-17(15,16)6-2-3-11(14)10-7-12-8-13(10)9-4-5-9/h7-9,11,14H,2-6H2,1H3. The van der Waals surface area contributed by atoms with Gasteiger partial charge >= 0.3 is 0 Å². The first-order valence-electron chi connectivity index (χ1n) is 5.85. The average Bonchev–Trinajstić information content (AvgIpc) is 2.94. The van der Waals surface area contributed by atoms with Gasteiger partial charge in [0.25, 0.3) is 0 Å². The second kappa shape index (κ2) is 4.78. The third-order valence-electron chi connectivity index (χ3n) is 2.97. The molecule has 96 valence electrons. The highest BCUT2D eigenvalue weighted by Crippen LogP contribution is 2.37. The van der Waals surface area contributed by atoms with Crippen molar-refractivity contribution in [3.8, 4) is 0 Å². The number of aromatic nitrogens is 2. The molecule has 0 saturated heterocycles. The minimum atomic E-state index is -2.94. The van der Waals surface area contributed by atoms with Gasteiger partial charge in [0.2, 0.25) is 0 Å². The van der Waals surface area contributed by atoms with Gasteiger partial charge < -0.3 is 9.67 Å². The molecule has 1 heterocycles. The van der Waals surface area contributed by atoms with Crippen molar-refractivity contribution in [3.05, 3.63) is 18.2 Å². The molecule has 1 aliphatic carbocycles. The van der Waals surface area contributed by atoms with Crippen LogP contribution in [0.5, 0.6) is 0 Å². The van der Waals surface area contributed by atoms with E-state index in [1.54, 1.807) is 12.5 Å². The third kappa shape index (κ3) is 3.54. The molecule has 17 heavy (non-hydrogen) atoms. The van der Waals surface area contributed by atoms with Gasteiger partial charge in [-0.15, -0.1) is 0 Å². The van der Waals surface area contributed by atoms with Crippen molar-refractivity contribution in [2.75, 3.05) is 12.0 Å². The van der Waals surface area contributed by atoms with E-state index in [0.717, 1.165) is 18.5 Å². The second-order valence-corrected chi connectivity index (χ2v) is 7.00. The molecule has 5 nitrogen and oxygen atoms in total. The van der Waals surface area contributed by atoms with Crippen LogP contribution in [-0.4, -0.2) is 35.1 Å². The molecule has 2 rings (SSSR count). The number of hydrogen-bond acceptors (Lipinski definition) is 4. The zero-order valence-electron chi connectivity index (χ0n) is 9.91. The summed E-state index contributed by atoms with van der Waals surface area (Å²) in [6, 6.07) is 0.483. The van der Waals surface area contributed by atoms with E-state index in [-0.39, 0.29) is 5.75 Å². The zero-order chi connectivity index (χ0) is 12.5. The molecule has 0 aliphatic heterocycles. The summed E-state index contributed by atoms with van der Waals surface area (Å²) < 4.78 is 24.0. The Kier molecular flexibility index (Phi) is 3.53. The number of aliphatic hydroxyl groups is 1. The first-order valence-corrected chi connectivity index (χ1v) is 7.91. The molecule has 1 aromatic rings. The van der Waals surface area contributed by atoms with Crippen LogP contribution in [0.25, 0.3) is 0 Å². The van der Waals surface area contributed by atoms with E-state index in [2.05, 4.69) is 4.98 Å². The highest BCUT2D eigenvalue weighted by atomic mass is 32.2. The molecule has 0 spiro atoms. The first-order chi connectivity index (χ1) is 7.97. The lowest BCUT2D eigenvalue weighted by molar-refractivity contribution is 0.157. The summed E-state index contributed by atoms with van der Waals surface area (Å²) in [6.07, 6.45) is 7.24. The summed E-state index contributed by atoms with van der Waals surface area (Å²) in [6.45, 7) is 0. The Morgan fingerprint density at radius 2 is 2.29 bits per heavy atom. The molecule has 0 aromatic carbocycles. The maximum Gasteiger partial charge on any atom is 0.147 e. The minimum absolute atomic E-state index is 0.127. The fourth-order valence-electron chi connectivity index (χ4n) is 1.92. The van der Waals surface area contributed by atoms with Crippen LogP contribution in [0.3, 0.4) is 0 Å². The molecule has 1 N–H and O–H groups in total. The molecule has 1 fully saturated rings. The Hall–Kier alpha value is -0.880. The average molecular weight is 258 g/mol. The molecule has 1 saturated carbocycles. The van der Waals surface area contributed by atoms with Gasteiger partial charge in [-0.05, 0) is 25.7 Å². The van der Waals surface area contributed by atoms with E-state index in [1.165, 1.54) is 6.26 Å². The van der Waals surface area contributed by atoms with Crippen LogP contribution in [0.1, 0.15) is 43.5 Å². The Morgan fingerprint density at radius 3 is 2.88 bits per heavy atom. The third-order valence-corrected chi connectivity index (χ3v) is 4.00. The lowest BCUT2D eigenvalue weighted by Crippen LogP contribution is -2.09. The zero-order valence-corrected chi connectivity index (χ0v) is 10.7. The van der Waals surface area contributed by atoms with Crippen molar-refractivity contribution in [2.24, 2.45) is 0 Å². The molecule has 1 atom stereocenters. The van der Waals surface area contributed by atoms with Crippen LogP contribution in [0.2, 0.25) is 0 Å². The molecule has 1 aromatic heterocycles. The molecule has 6 heteroatoms. The minimum Gasteiger partial charge on any atom is -0.387 e. The van der Waals surface area contributed by atoms with Crippen molar-refractivity contribution in [3.63, 3.8) is 0 Å². The summed E-state index contributed by atoms with van der Waals surface area (Å²) in [5, 5.41) is 10.0. The first kappa shape index (κ1) is 12.6. The Labute approximate surface area is 101 Å². The Balaban J connectivity index is 1.90. The smallest absolute Gasteiger partial charge is 0.147 e. The molecular weight excluding hydrogens is 240 g/mol. The lowest BCUT2D eigenvalue weighted by Gasteiger charge is -2.12. The number of hydrogen-bond donors (Lipinski definition) is 1. The normalized spacial score (nSPS) is 18.2. The molecule has 1 unspecified atom stereocenters. The van der Waals surface area contributed by atoms with Gasteiger partial charge in [-0.3, -0.25) is 0 Å². The molecule has 0 radical (unpaired) electrons. The van der Waals surface area contributed by atoms with E-state index in [9.17, 15) is 13.5 Å². The molecule has 0 amide bonds. The van der Waals surface area contributed by atoms with Crippen molar-refractivity contribution < 1.29 is 13.5 Å². The summed E-state index contributed by atoms with van der Waals surface area (Å²) in [4.78, 5) is 4.05. The summed E-state index contributed by atoms with van der Waals surface area (Å²) in [5.74, 6) is 0.127. The maximum absolute atomic E-state index is 11.0. The summed E-state index contributed by atoms with van der Waals surface area (Å²) in [5.41, 5.74) is 0.806. The largest absolute Gasteiger partial charge is 0.387 e. The molecular formula is C11H18N2O3S. The van der Waals surface area contributed by atoms with Crippen LogP contribution in [-0.2, 0) is 9.84 Å². The van der Waals surface area contributed by atoms with E-state index in [1.807, 2.05) is 4.57 Å². The fourth-order valence-corrected chi connectivity index (χ4v) is 2.61. The van der Waals surface area contributed by atoms with Gasteiger partial charge in [0, 0.05) is 18.1 Å². The van der Waals surface area contributed by atoms with Crippen molar-refractivity contribution in [1.29, 1.82) is 0 Å². The maximum atomic E-state index is 11.0. The number of nitrogens with zero attached hydrogens (tertiary/aromatic N) is 2. The van der Waals surface area contributed by atoms with Crippen LogP contribution < -0.4 is 0 Å². The van der Waals surface area contributed by atoms with Crippen molar-refractivity contribution in [1.82, 2.24) is 9.55 Å². The fraction of sp³-hybridized carbons (Fsp3) is 0.727. The summed E-state index contributed by atoms with van der Waals surface area (Å²) >= 11 is 0. The van der Waals surface area contributed by atoms with Crippen molar-refractivity contribution >= 4 is 9.84 Å². The lowest BCUT2D eigenvalue weighted by atomic mass is 10.1. The van der Waals surface area contributed by atoms with E-state index in [0.29, 0.717) is 18.9 Å². The number of aliphatic hydroxyl groups excluding tert-OH is 1. The molecule has 0 bridgehead atoms. The van der Waals surface area contributed by atoms with Gasteiger partial charge in [-0.1, -0.05) is 0 Å². The second-order valence-electron chi connectivity index (χ2n) is 4.74. The predicted octanol–water partition coefficient (Wildman–Crippen LogP) is 1.08. The summed E-state index contributed by atoms with van der Waals surface area (Å²) in [7, 11) is -2.94. The van der Waals surface area contributed by atoms with Crippen LogP contribution in [0.15, 0.2) is 12.5 Å². The predicted molar refractivity (Wildman–Crippen MR) is 64.4 cm³/mol. The van der Waals surface area contributed by atoms with Gasteiger partial charge in [0.1, 0.15) is 9.84 Å². The van der Waals surface area contributed by atoms with Crippen LogP contribution in [0.4, 0.5) is 0 Å². The highest BCUT2D eigenvalue weighted by molar-refractivity contribution is 7.90. The van der Waals surface area contributed by atoms with E-state index in [4.69, 9.17) is 0 Å². The SMILES string of the molecule is CS(=O)(=O)CCCC(O)c1cncn1C1CC1. The quantitative estimate of drug-likeness (QED) is 0.828. The van der Waals surface area contributed by atoms with Crippen LogP contribution in [0, 0.1) is 0 Å². The highest BCUT2D eigenvalue weighted by Gasteiger charge is 2.27. The van der Waals surface area contributed by atoms with Gasteiger partial charge in [-0.25, -0.2) is 13.4 Å². The van der Waals surface area contributed by atoms with Crippen molar-refractivity contribution in [2.45, 2.75) is 37.8 Å². The van der Waals surface area contributed by atoms with Crippen LogP contribution >= 0.6 is 0 Å². The van der Waals surface area contributed by atoms with E-state index < -0.39 is 15.9 Å². The monoisotopic (exact) mass is 258 g/mol. The van der Waals surface area contributed by atoms with Gasteiger partial charge in [-0.2, -0.15) is 0 Å². The topological polar surface area (TPSA) is 72.2 Å². The van der Waals surface area contributed by atoms with Gasteiger partial charge in [0.15, 0.2) is 0 Å². The number of rotatable bonds is 6. The van der Waals surface area contributed by atoms with E-state index >= 15 is 0 Å². The number of imidazole rings is 1. The molecule has 1 aliphatic rings. The Bertz CT molecular complexity index is 477. The van der Waals surface area contributed by atoms with Gasteiger partial charge in [0.05, 0.1) is 24.3 Å². The number of sulfone groups is 1. The Morgan fingerprint density at radius 1 is 1.59 bits per heavy atom.